The molecule has 46 valence electrons. The van der Waals surface area contributed by atoms with Crippen molar-refractivity contribution >= 4 is 0 Å². The van der Waals surface area contributed by atoms with Gasteiger partial charge in [-0.2, -0.15) is 0 Å². The van der Waals surface area contributed by atoms with E-state index in [1.807, 2.05) is 0 Å². The SMILES string of the molecule is F[C@H]1CNC[C@@H]2C[C@@H]21. The molecule has 2 aliphatic rings. The lowest BCUT2D eigenvalue weighted by Crippen LogP contribution is -2.33. The molecule has 0 bridgehead atoms. The summed E-state index contributed by atoms with van der Waals surface area (Å²) in [6, 6.07) is 0. The molecule has 3 atom stereocenters. The van der Waals surface area contributed by atoms with Crippen LogP contribution in [0.25, 0.3) is 0 Å². The zero-order chi connectivity index (χ0) is 5.56. The molecule has 0 spiro atoms. The van der Waals surface area contributed by atoms with Crippen molar-refractivity contribution in [3.8, 4) is 0 Å². The third-order valence-electron chi connectivity index (χ3n) is 2.19. The van der Waals surface area contributed by atoms with Gasteiger partial charge in [-0.1, -0.05) is 0 Å². The van der Waals surface area contributed by atoms with Gasteiger partial charge in [-0.15, -0.1) is 0 Å². The van der Waals surface area contributed by atoms with Gasteiger partial charge in [-0.05, 0) is 24.8 Å². The molecule has 1 saturated carbocycles. The third kappa shape index (κ3) is 0.558. The normalized spacial score (nSPS) is 52.9. The van der Waals surface area contributed by atoms with E-state index in [-0.39, 0.29) is 0 Å². The van der Waals surface area contributed by atoms with Gasteiger partial charge >= 0.3 is 0 Å². The second kappa shape index (κ2) is 1.44. The summed E-state index contributed by atoms with van der Waals surface area (Å²) in [5, 5.41) is 3.05. The fourth-order valence-corrected chi connectivity index (χ4v) is 1.51. The van der Waals surface area contributed by atoms with Crippen molar-refractivity contribution in [3.05, 3.63) is 0 Å². The fraction of sp³-hybridized carbons (Fsp3) is 1.00. The summed E-state index contributed by atoms with van der Waals surface area (Å²) in [5.74, 6) is 1.13. The molecule has 2 rings (SSSR count). The van der Waals surface area contributed by atoms with Crippen LogP contribution in [-0.2, 0) is 0 Å². The number of halogens is 1. The maximum absolute atomic E-state index is 12.6. The third-order valence-corrected chi connectivity index (χ3v) is 2.19. The van der Waals surface area contributed by atoms with Crippen LogP contribution in [0.5, 0.6) is 0 Å². The van der Waals surface area contributed by atoms with Crippen LogP contribution in [-0.4, -0.2) is 19.3 Å². The Hall–Kier alpha value is -0.110. The molecule has 1 N–H and O–H groups in total. The summed E-state index contributed by atoms with van der Waals surface area (Å²) in [7, 11) is 0. The Morgan fingerprint density at radius 3 is 2.88 bits per heavy atom. The maximum atomic E-state index is 12.6. The molecule has 1 nitrogen and oxygen atoms in total. The van der Waals surface area contributed by atoms with Gasteiger partial charge in [-0.25, -0.2) is 4.39 Å². The fourth-order valence-electron chi connectivity index (χ4n) is 1.51. The molecule has 1 saturated heterocycles. The van der Waals surface area contributed by atoms with Gasteiger partial charge in [0.1, 0.15) is 6.17 Å². The Balaban J connectivity index is 1.99. The van der Waals surface area contributed by atoms with Gasteiger partial charge < -0.3 is 5.32 Å². The molecule has 2 heteroatoms. The number of alkyl halides is 1. The Kier molecular flexibility index (Phi) is 0.852. The predicted octanol–water partition coefficient (Wildman–Crippen LogP) is 0.564. The average Bonchev–Trinajstić information content (AvgIpc) is 2.45. The van der Waals surface area contributed by atoms with Gasteiger partial charge in [-0.3, -0.25) is 0 Å². The molecule has 0 aromatic heterocycles. The minimum Gasteiger partial charge on any atom is -0.314 e. The van der Waals surface area contributed by atoms with Crippen LogP contribution in [0.2, 0.25) is 0 Å². The summed E-state index contributed by atoms with van der Waals surface area (Å²) in [4.78, 5) is 0. The van der Waals surface area contributed by atoms with Crippen LogP contribution >= 0.6 is 0 Å². The van der Waals surface area contributed by atoms with Crippen LogP contribution in [0, 0.1) is 11.8 Å². The molecular weight excluding hydrogens is 105 g/mol. The summed E-state index contributed by atoms with van der Waals surface area (Å²) < 4.78 is 12.6. The maximum Gasteiger partial charge on any atom is 0.116 e. The lowest BCUT2D eigenvalue weighted by molar-refractivity contribution is 0.248. The number of hydrogen-bond donors (Lipinski definition) is 1. The zero-order valence-electron chi connectivity index (χ0n) is 4.73. The zero-order valence-corrected chi connectivity index (χ0v) is 4.73. The van der Waals surface area contributed by atoms with Crippen molar-refractivity contribution in [1.29, 1.82) is 0 Å². The second-order valence-electron chi connectivity index (χ2n) is 2.83. The van der Waals surface area contributed by atoms with E-state index in [9.17, 15) is 4.39 Å². The Morgan fingerprint density at radius 1 is 1.38 bits per heavy atom. The molecule has 1 aliphatic carbocycles. The first-order valence-corrected chi connectivity index (χ1v) is 3.22. The number of fused-ring (bicyclic) bond motifs is 1. The van der Waals surface area contributed by atoms with Crippen LogP contribution in [0.1, 0.15) is 6.42 Å². The number of piperidine rings is 1. The molecular formula is C6H10FN. The largest absolute Gasteiger partial charge is 0.314 e. The highest BCUT2D eigenvalue weighted by Crippen LogP contribution is 2.43. The predicted molar refractivity (Wildman–Crippen MR) is 29.4 cm³/mol. The van der Waals surface area contributed by atoms with E-state index in [0.29, 0.717) is 18.4 Å². The molecule has 2 fully saturated rings. The van der Waals surface area contributed by atoms with Crippen molar-refractivity contribution in [2.24, 2.45) is 11.8 Å². The molecule has 0 unspecified atom stereocenters. The van der Waals surface area contributed by atoms with Crippen molar-refractivity contribution in [1.82, 2.24) is 5.32 Å². The van der Waals surface area contributed by atoms with Crippen molar-refractivity contribution in [3.63, 3.8) is 0 Å². The summed E-state index contributed by atoms with van der Waals surface area (Å²) in [6.07, 6.45) is 0.600. The van der Waals surface area contributed by atoms with Crippen molar-refractivity contribution in [2.45, 2.75) is 12.6 Å². The number of nitrogens with one attached hydrogen (secondary N) is 1. The Bertz CT molecular complexity index is 105. The van der Waals surface area contributed by atoms with E-state index in [2.05, 4.69) is 5.32 Å². The molecule has 0 aromatic rings. The molecule has 0 radical (unpaired) electrons. The lowest BCUT2D eigenvalue weighted by atomic mass is 10.1. The summed E-state index contributed by atoms with van der Waals surface area (Å²) >= 11 is 0. The molecule has 8 heavy (non-hydrogen) atoms. The van der Waals surface area contributed by atoms with Gasteiger partial charge in [0.2, 0.25) is 0 Å². The van der Waals surface area contributed by atoms with E-state index in [1.54, 1.807) is 0 Å². The van der Waals surface area contributed by atoms with Gasteiger partial charge in [0.15, 0.2) is 0 Å². The second-order valence-corrected chi connectivity index (χ2v) is 2.83. The molecule has 0 aromatic carbocycles. The van der Waals surface area contributed by atoms with Crippen LogP contribution in [0.3, 0.4) is 0 Å². The smallest absolute Gasteiger partial charge is 0.116 e. The van der Waals surface area contributed by atoms with Gasteiger partial charge in [0.05, 0.1) is 0 Å². The van der Waals surface area contributed by atoms with Crippen molar-refractivity contribution < 1.29 is 4.39 Å². The first kappa shape index (κ1) is 4.74. The quantitative estimate of drug-likeness (QED) is 0.486. The van der Waals surface area contributed by atoms with E-state index in [1.165, 1.54) is 0 Å². The van der Waals surface area contributed by atoms with E-state index in [4.69, 9.17) is 0 Å². The van der Waals surface area contributed by atoms with E-state index < -0.39 is 6.17 Å². The average molecular weight is 115 g/mol. The van der Waals surface area contributed by atoms with Gasteiger partial charge in [0, 0.05) is 6.54 Å². The minimum atomic E-state index is -0.534. The number of rotatable bonds is 0. The summed E-state index contributed by atoms with van der Waals surface area (Å²) in [6.45, 7) is 1.66. The highest BCUT2D eigenvalue weighted by molar-refractivity contribution is 4.97. The highest BCUT2D eigenvalue weighted by atomic mass is 19.1. The van der Waals surface area contributed by atoms with Gasteiger partial charge in [0.25, 0.3) is 0 Å². The topological polar surface area (TPSA) is 12.0 Å². The van der Waals surface area contributed by atoms with E-state index >= 15 is 0 Å². The van der Waals surface area contributed by atoms with Crippen LogP contribution in [0.4, 0.5) is 4.39 Å². The summed E-state index contributed by atoms with van der Waals surface area (Å²) in [5.41, 5.74) is 0. The molecule has 0 amide bonds. The lowest BCUT2D eigenvalue weighted by Gasteiger charge is -2.13. The van der Waals surface area contributed by atoms with Crippen molar-refractivity contribution in [2.75, 3.05) is 13.1 Å². The molecule has 1 heterocycles. The Morgan fingerprint density at radius 2 is 2.25 bits per heavy atom. The Labute approximate surface area is 48.3 Å². The standard InChI is InChI=1S/C6H10FN/c7-6-3-8-2-4-1-5(4)6/h4-6,8H,1-3H2/t4-,5-,6-/m0/s1. The minimum absolute atomic E-state index is 0.441. The number of hydrogen-bond acceptors (Lipinski definition) is 1. The highest BCUT2D eigenvalue weighted by Gasteiger charge is 2.45. The van der Waals surface area contributed by atoms with Crippen LogP contribution in [0.15, 0.2) is 0 Å². The van der Waals surface area contributed by atoms with Crippen LogP contribution < -0.4 is 5.32 Å². The first-order valence-electron chi connectivity index (χ1n) is 3.22. The monoisotopic (exact) mass is 115 g/mol. The first-order chi connectivity index (χ1) is 3.88. The van der Waals surface area contributed by atoms with E-state index in [0.717, 1.165) is 13.0 Å². The molecule has 1 aliphatic heterocycles.